The van der Waals surface area contributed by atoms with E-state index in [0.717, 1.165) is 0 Å². The number of hydrogen-bond acceptors (Lipinski definition) is 3. The van der Waals surface area contributed by atoms with E-state index in [0.29, 0.717) is 5.56 Å². The van der Waals surface area contributed by atoms with Crippen LogP contribution in [0.25, 0.3) is 0 Å². The number of nitrogens with one attached hydrogen (secondary N) is 1. The van der Waals surface area contributed by atoms with Crippen molar-refractivity contribution < 1.29 is 19.0 Å². The third-order valence-corrected chi connectivity index (χ3v) is 2.21. The summed E-state index contributed by atoms with van der Waals surface area (Å²) in [5.74, 6) is -0.793. The maximum absolute atomic E-state index is 12.7. The molecular formula is C10H10FNO3. The summed E-state index contributed by atoms with van der Waals surface area (Å²) in [5, 5.41) is 12.4. The zero-order chi connectivity index (χ0) is 10.9. The van der Waals surface area contributed by atoms with Gasteiger partial charge < -0.3 is 15.2 Å². The molecule has 0 bridgehead atoms. The molecule has 1 aliphatic heterocycles. The Morgan fingerprint density at radius 1 is 1.40 bits per heavy atom. The molecule has 0 spiro atoms. The number of carbonyl (C=O) groups excluding carboxylic acids is 1. The second-order valence-electron chi connectivity index (χ2n) is 3.41. The van der Waals surface area contributed by atoms with Crippen LogP contribution in [0.4, 0.5) is 4.39 Å². The topological polar surface area (TPSA) is 58.6 Å². The molecule has 1 amide bonds. The Morgan fingerprint density at radius 2 is 2.07 bits per heavy atom. The van der Waals surface area contributed by atoms with Crippen LogP contribution in [0.5, 0.6) is 0 Å². The van der Waals surface area contributed by atoms with E-state index >= 15 is 0 Å². The molecule has 1 aromatic carbocycles. The van der Waals surface area contributed by atoms with E-state index in [9.17, 15) is 14.3 Å². The lowest BCUT2D eigenvalue weighted by atomic mass is 10.0. The first-order chi connectivity index (χ1) is 7.10. The summed E-state index contributed by atoms with van der Waals surface area (Å²) in [6, 6.07) is 5.25. The molecule has 15 heavy (non-hydrogen) atoms. The minimum Gasteiger partial charge on any atom is -0.366 e. The molecule has 1 aromatic rings. The van der Waals surface area contributed by atoms with E-state index in [1.54, 1.807) is 0 Å². The minimum atomic E-state index is -1.55. The van der Waals surface area contributed by atoms with Crippen molar-refractivity contribution in [3.63, 3.8) is 0 Å². The van der Waals surface area contributed by atoms with Gasteiger partial charge in [-0.15, -0.1) is 0 Å². The van der Waals surface area contributed by atoms with Crippen molar-refractivity contribution in [3.8, 4) is 0 Å². The standard InChI is InChI=1S/C10H10FNO3/c11-8-3-1-7(2-4-8)10(14)6-15-5-9(13)12-10/h1-4,14H,5-6H2,(H,12,13). The first-order valence-corrected chi connectivity index (χ1v) is 4.47. The van der Waals surface area contributed by atoms with Gasteiger partial charge in [0.1, 0.15) is 12.4 Å². The van der Waals surface area contributed by atoms with Gasteiger partial charge in [-0.25, -0.2) is 4.39 Å². The molecule has 4 nitrogen and oxygen atoms in total. The second-order valence-corrected chi connectivity index (χ2v) is 3.41. The van der Waals surface area contributed by atoms with Crippen LogP contribution in [0.3, 0.4) is 0 Å². The van der Waals surface area contributed by atoms with Crippen LogP contribution in [0, 0.1) is 5.82 Å². The maximum Gasteiger partial charge on any atom is 0.248 e. The van der Waals surface area contributed by atoms with Gasteiger partial charge in [-0.2, -0.15) is 0 Å². The number of halogens is 1. The van der Waals surface area contributed by atoms with Gasteiger partial charge in [0.05, 0.1) is 6.61 Å². The summed E-state index contributed by atoms with van der Waals surface area (Å²) >= 11 is 0. The molecule has 1 saturated heterocycles. The van der Waals surface area contributed by atoms with Crippen LogP contribution >= 0.6 is 0 Å². The van der Waals surface area contributed by atoms with E-state index in [-0.39, 0.29) is 13.2 Å². The number of rotatable bonds is 1. The van der Waals surface area contributed by atoms with Crippen LogP contribution < -0.4 is 5.32 Å². The number of benzene rings is 1. The molecule has 0 radical (unpaired) electrons. The van der Waals surface area contributed by atoms with Crippen LogP contribution in [-0.2, 0) is 15.3 Å². The van der Waals surface area contributed by atoms with Gasteiger partial charge in [0, 0.05) is 5.56 Å². The molecule has 1 heterocycles. The summed E-state index contributed by atoms with van der Waals surface area (Å²) in [4.78, 5) is 11.0. The lowest BCUT2D eigenvalue weighted by molar-refractivity contribution is -0.156. The van der Waals surface area contributed by atoms with Crippen LogP contribution in [-0.4, -0.2) is 24.2 Å². The van der Waals surface area contributed by atoms with Gasteiger partial charge in [0.15, 0.2) is 5.72 Å². The van der Waals surface area contributed by atoms with Gasteiger partial charge in [0.2, 0.25) is 5.91 Å². The summed E-state index contributed by atoms with van der Waals surface area (Å²) < 4.78 is 17.6. The SMILES string of the molecule is O=C1COCC(O)(c2ccc(F)cc2)N1. The lowest BCUT2D eigenvalue weighted by Crippen LogP contribution is -2.54. The van der Waals surface area contributed by atoms with Crippen LogP contribution in [0.15, 0.2) is 24.3 Å². The van der Waals surface area contributed by atoms with Gasteiger partial charge in [-0.3, -0.25) is 4.79 Å². The van der Waals surface area contributed by atoms with E-state index in [1.165, 1.54) is 24.3 Å². The lowest BCUT2D eigenvalue weighted by Gasteiger charge is -2.32. The monoisotopic (exact) mass is 211 g/mol. The Balaban J connectivity index is 2.28. The summed E-state index contributed by atoms with van der Waals surface area (Å²) in [7, 11) is 0. The normalized spacial score (nSPS) is 26.1. The maximum atomic E-state index is 12.7. The van der Waals surface area contributed by atoms with Gasteiger partial charge in [-0.1, -0.05) is 12.1 Å². The Labute approximate surface area is 85.7 Å². The largest absolute Gasteiger partial charge is 0.366 e. The van der Waals surface area contributed by atoms with Crippen molar-refractivity contribution in [3.05, 3.63) is 35.6 Å². The number of morpholine rings is 1. The quantitative estimate of drug-likeness (QED) is 0.693. The fourth-order valence-corrected chi connectivity index (χ4v) is 1.48. The van der Waals surface area contributed by atoms with Crippen molar-refractivity contribution in [2.75, 3.05) is 13.2 Å². The predicted octanol–water partition coefficient (Wildman–Crippen LogP) is 0.117. The Bertz CT molecular complexity index is 379. The predicted molar refractivity (Wildman–Crippen MR) is 49.3 cm³/mol. The van der Waals surface area contributed by atoms with Gasteiger partial charge in [-0.05, 0) is 12.1 Å². The zero-order valence-corrected chi connectivity index (χ0v) is 7.87. The molecule has 2 rings (SSSR count). The molecule has 0 aliphatic carbocycles. The highest BCUT2D eigenvalue weighted by Gasteiger charge is 2.35. The average molecular weight is 211 g/mol. The summed E-state index contributed by atoms with van der Waals surface area (Å²) in [6.07, 6.45) is 0. The van der Waals surface area contributed by atoms with E-state index in [1.807, 2.05) is 0 Å². The average Bonchev–Trinajstić information content (AvgIpc) is 2.18. The second kappa shape index (κ2) is 3.60. The third-order valence-electron chi connectivity index (χ3n) is 2.21. The van der Waals surface area contributed by atoms with Crippen molar-refractivity contribution in [2.45, 2.75) is 5.72 Å². The van der Waals surface area contributed by atoms with E-state index in [4.69, 9.17) is 4.74 Å². The number of hydrogen-bond donors (Lipinski definition) is 2. The van der Waals surface area contributed by atoms with Crippen LogP contribution in [0.2, 0.25) is 0 Å². The molecule has 80 valence electrons. The van der Waals surface area contributed by atoms with Crippen LogP contribution in [0.1, 0.15) is 5.56 Å². The molecule has 1 fully saturated rings. The fourth-order valence-electron chi connectivity index (χ4n) is 1.48. The van der Waals surface area contributed by atoms with E-state index < -0.39 is 17.4 Å². The number of ether oxygens (including phenoxy) is 1. The molecule has 5 heteroatoms. The zero-order valence-electron chi connectivity index (χ0n) is 7.87. The number of carbonyl (C=O) groups is 1. The number of aliphatic hydroxyl groups is 1. The summed E-state index contributed by atoms with van der Waals surface area (Å²) in [6.45, 7) is -0.103. The van der Waals surface area contributed by atoms with Gasteiger partial charge >= 0.3 is 0 Å². The molecule has 0 saturated carbocycles. The molecular weight excluding hydrogens is 201 g/mol. The highest BCUT2D eigenvalue weighted by Crippen LogP contribution is 2.21. The molecule has 1 unspecified atom stereocenters. The molecule has 2 N–H and O–H groups in total. The first-order valence-electron chi connectivity index (χ1n) is 4.47. The highest BCUT2D eigenvalue weighted by atomic mass is 19.1. The Hall–Kier alpha value is -1.46. The molecule has 1 atom stereocenters. The van der Waals surface area contributed by atoms with Crippen molar-refractivity contribution in [1.29, 1.82) is 0 Å². The molecule has 0 aromatic heterocycles. The van der Waals surface area contributed by atoms with Crippen molar-refractivity contribution in [2.24, 2.45) is 0 Å². The minimum absolute atomic E-state index is 0.0373. The fraction of sp³-hybridized carbons (Fsp3) is 0.300. The Morgan fingerprint density at radius 3 is 2.67 bits per heavy atom. The van der Waals surface area contributed by atoms with Gasteiger partial charge in [0.25, 0.3) is 0 Å². The summed E-state index contributed by atoms with van der Waals surface area (Å²) in [5.41, 5.74) is -1.15. The van der Waals surface area contributed by atoms with Crippen molar-refractivity contribution >= 4 is 5.91 Å². The highest BCUT2D eigenvalue weighted by molar-refractivity contribution is 5.78. The first kappa shape index (κ1) is 10.1. The van der Waals surface area contributed by atoms with Crippen molar-refractivity contribution in [1.82, 2.24) is 5.32 Å². The molecule has 1 aliphatic rings. The third kappa shape index (κ3) is 1.98. The van der Waals surface area contributed by atoms with E-state index in [2.05, 4.69) is 5.32 Å². The Kier molecular flexibility index (Phi) is 2.42. The number of amides is 1. The smallest absolute Gasteiger partial charge is 0.248 e.